The maximum Gasteiger partial charge on any atom is 0.374 e. The molecule has 0 N–H and O–H groups in total. The number of hydrogen-bond acceptors (Lipinski definition) is 4. The van der Waals surface area contributed by atoms with Gasteiger partial charge in [-0.05, 0) is 24.1 Å². The molecule has 19 heavy (non-hydrogen) atoms. The number of rotatable bonds is 3. The van der Waals surface area contributed by atoms with Gasteiger partial charge in [-0.1, -0.05) is 18.2 Å². The third kappa shape index (κ3) is 2.10. The molecule has 2 heterocycles. The van der Waals surface area contributed by atoms with Crippen LogP contribution < -0.4 is 4.90 Å². The number of para-hydroxylation sites is 1. The average Bonchev–Trinajstić information content (AvgIpc) is 3.06. The zero-order valence-corrected chi connectivity index (χ0v) is 10.8. The molecule has 0 spiro atoms. The fourth-order valence-electron chi connectivity index (χ4n) is 2.51. The highest BCUT2D eigenvalue weighted by Crippen LogP contribution is 2.29. The van der Waals surface area contributed by atoms with E-state index in [0.29, 0.717) is 12.3 Å². The van der Waals surface area contributed by atoms with Crippen molar-refractivity contribution in [3.63, 3.8) is 0 Å². The summed E-state index contributed by atoms with van der Waals surface area (Å²) in [4.78, 5) is 13.8. The standard InChI is InChI=1S/C15H15NO3/c1-18-15(17)14-12(7-9-19-14)10-16-8-6-11-4-2-3-5-13(11)16/h2-5,7,9H,6,8,10H2,1H3. The van der Waals surface area contributed by atoms with Crippen LogP contribution in [0.4, 0.5) is 5.69 Å². The molecule has 0 saturated carbocycles. The number of fused-ring (bicyclic) bond motifs is 1. The van der Waals surface area contributed by atoms with Crippen LogP contribution in [0.2, 0.25) is 0 Å². The van der Waals surface area contributed by atoms with Crippen molar-refractivity contribution in [3.05, 3.63) is 53.5 Å². The first-order valence-electron chi connectivity index (χ1n) is 6.27. The number of esters is 1. The van der Waals surface area contributed by atoms with E-state index in [0.717, 1.165) is 18.5 Å². The third-order valence-corrected chi connectivity index (χ3v) is 3.46. The molecular formula is C15H15NO3. The zero-order chi connectivity index (χ0) is 13.2. The van der Waals surface area contributed by atoms with E-state index in [4.69, 9.17) is 9.15 Å². The summed E-state index contributed by atoms with van der Waals surface area (Å²) < 4.78 is 9.93. The van der Waals surface area contributed by atoms with Crippen molar-refractivity contribution in [2.45, 2.75) is 13.0 Å². The number of ether oxygens (including phenoxy) is 1. The molecule has 4 nitrogen and oxygen atoms in total. The van der Waals surface area contributed by atoms with Crippen LogP contribution in [0.3, 0.4) is 0 Å². The van der Waals surface area contributed by atoms with Gasteiger partial charge in [-0.3, -0.25) is 0 Å². The van der Waals surface area contributed by atoms with Crippen LogP contribution in [0, 0.1) is 0 Å². The van der Waals surface area contributed by atoms with Gasteiger partial charge in [0.05, 0.1) is 13.4 Å². The molecule has 0 bridgehead atoms. The number of furan rings is 1. The maximum atomic E-state index is 11.6. The van der Waals surface area contributed by atoms with Crippen LogP contribution in [0.25, 0.3) is 0 Å². The molecule has 1 aromatic heterocycles. The van der Waals surface area contributed by atoms with Crippen molar-refractivity contribution in [1.82, 2.24) is 0 Å². The Balaban J connectivity index is 1.84. The Bertz CT molecular complexity index is 603. The normalized spacial score (nSPS) is 13.4. The molecular weight excluding hydrogens is 242 g/mol. The summed E-state index contributed by atoms with van der Waals surface area (Å²) in [5.74, 6) is -0.126. The summed E-state index contributed by atoms with van der Waals surface area (Å²) in [6.07, 6.45) is 2.57. The van der Waals surface area contributed by atoms with Gasteiger partial charge in [0.2, 0.25) is 5.76 Å². The van der Waals surface area contributed by atoms with Gasteiger partial charge >= 0.3 is 5.97 Å². The molecule has 0 unspecified atom stereocenters. The minimum Gasteiger partial charge on any atom is -0.463 e. The van der Waals surface area contributed by atoms with Crippen LogP contribution >= 0.6 is 0 Å². The number of carbonyl (C=O) groups excluding carboxylic acids is 1. The van der Waals surface area contributed by atoms with Gasteiger partial charge in [-0.2, -0.15) is 0 Å². The van der Waals surface area contributed by atoms with Crippen LogP contribution in [0.5, 0.6) is 0 Å². The highest BCUT2D eigenvalue weighted by molar-refractivity contribution is 5.88. The van der Waals surface area contributed by atoms with E-state index in [1.54, 1.807) is 0 Å². The summed E-state index contributed by atoms with van der Waals surface area (Å²) in [5, 5.41) is 0. The lowest BCUT2D eigenvalue weighted by Gasteiger charge is -2.18. The predicted octanol–water partition coefficient (Wildman–Crippen LogP) is 2.63. The second-order valence-electron chi connectivity index (χ2n) is 4.57. The molecule has 0 radical (unpaired) electrons. The van der Waals surface area contributed by atoms with Crippen molar-refractivity contribution in [3.8, 4) is 0 Å². The second kappa shape index (κ2) is 4.80. The first-order valence-corrected chi connectivity index (χ1v) is 6.27. The summed E-state index contributed by atoms with van der Waals surface area (Å²) >= 11 is 0. The number of nitrogens with zero attached hydrogens (tertiary/aromatic N) is 1. The molecule has 1 aliphatic heterocycles. The van der Waals surface area contributed by atoms with Crippen LogP contribution in [0.15, 0.2) is 41.0 Å². The Morgan fingerprint density at radius 2 is 2.21 bits per heavy atom. The van der Waals surface area contributed by atoms with E-state index in [9.17, 15) is 4.79 Å². The highest BCUT2D eigenvalue weighted by Gasteiger charge is 2.22. The van der Waals surface area contributed by atoms with Crippen LogP contribution in [0.1, 0.15) is 21.7 Å². The molecule has 0 fully saturated rings. The fourth-order valence-corrected chi connectivity index (χ4v) is 2.51. The number of carbonyl (C=O) groups is 1. The van der Waals surface area contributed by atoms with Gasteiger partial charge < -0.3 is 14.1 Å². The van der Waals surface area contributed by atoms with Gasteiger partial charge in [-0.15, -0.1) is 0 Å². The Labute approximate surface area is 111 Å². The first kappa shape index (κ1) is 11.8. The molecule has 4 heteroatoms. The smallest absolute Gasteiger partial charge is 0.374 e. The van der Waals surface area contributed by atoms with E-state index >= 15 is 0 Å². The Kier molecular flexibility index (Phi) is 2.99. The Hall–Kier alpha value is -2.23. The molecule has 98 valence electrons. The summed E-state index contributed by atoms with van der Waals surface area (Å²) in [6.45, 7) is 1.63. The third-order valence-electron chi connectivity index (χ3n) is 3.46. The minimum absolute atomic E-state index is 0.298. The van der Waals surface area contributed by atoms with Crippen molar-refractivity contribution in [2.24, 2.45) is 0 Å². The lowest BCUT2D eigenvalue weighted by Crippen LogP contribution is -2.20. The molecule has 2 aromatic rings. The Morgan fingerprint density at radius 1 is 1.37 bits per heavy atom. The first-order chi connectivity index (χ1) is 9.29. The van der Waals surface area contributed by atoms with E-state index in [1.807, 2.05) is 12.1 Å². The minimum atomic E-state index is -0.424. The van der Waals surface area contributed by atoms with Gasteiger partial charge in [0.25, 0.3) is 0 Å². The van der Waals surface area contributed by atoms with Gasteiger partial charge in [0, 0.05) is 24.3 Å². The van der Waals surface area contributed by atoms with E-state index in [1.165, 1.54) is 24.6 Å². The predicted molar refractivity (Wildman–Crippen MR) is 71.2 cm³/mol. The van der Waals surface area contributed by atoms with Crippen LogP contribution in [-0.2, 0) is 17.7 Å². The van der Waals surface area contributed by atoms with Crippen LogP contribution in [-0.4, -0.2) is 19.6 Å². The van der Waals surface area contributed by atoms with Crippen molar-refractivity contribution in [2.75, 3.05) is 18.6 Å². The maximum absolute atomic E-state index is 11.6. The number of benzene rings is 1. The number of methoxy groups -OCH3 is 1. The van der Waals surface area contributed by atoms with E-state index in [2.05, 4.69) is 23.1 Å². The average molecular weight is 257 g/mol. The number of anilines is 1. The molecule has 3 rings (SSSR count). The molecule has 0 atom stereocenters. The van der Waals surface area contributed by atoms with Crippen molar-refractivity contribution in [1.29, 1.82) is 0 Å². The summed E-state index contributed by atoms with van der Waals surface area (Å²) in [7, 11) is 1.36. The summed E-state index contributed by atoms with van der Waals surface area (Å²) in [5.41, 5.74) is 3.45. The zero-order valence-electron chi connectivity index (χ0n) is 10.8. The van der Waals surface area contributed by atoms with Gasteiger partial charge in [0.15, 0.2) is 0 Å². The monoisotopic (exact) mass is 257 g/mol. The fraction of sp³-hybridized carbons (Fsp3) is 0.267. The van der Waals surface area contributed by atoms with Crippen molar-refractivity contribution >= 4 is 11.7 Å². The second-order valence-corrected chi connectivity index (χ2v) is 4.57. The summed E-state index contributed by atoms with van der Waals surface area (Å²) in [6, 6.07) is 10.2. The number of hydrogen-bond donors (Lipinski definition) is 0. The van der Waals surface area contributed by atoms with E-state index < -0.39 is 5.97 Å². The Morgan fingerprint density at radius 3 is 3.05 bits per heavy atom. The highest BCUT2D eigenvalue weighted by atomic mass is 16.5. The largest absolute Gasteiger partial charge is 0.463 e. The quantitative estimate of drug-likeness (QED) is 0.793. The van der Waals surface area contributed by atoms with Gasteiger partial charge in [-0.25, -0.2) is 4.79 Å². The molecule has 0 aliphatic carbocycles. The topological polar surface area (TPSA) is 42.7 Å². The van der Waals surface area contributed by atoms with E-state index in [-0.39, 0.29) is 0 Å². The molecule has 1 aliphatic rings. The lowest BCUT2D eigenvalue weighted by molar-refractivity contribution is 0.0563. The van der Waals surface area contributed by atoms with Gasteiger partial charge in [0.1, 0.15) is 0 Å². The SMILES string of the molecule is COC(=O)c1occc1CN1CCc2ccccc21. The molecule has 0 saturated heterocycles. The molecule has 1 aromatic carbocycles. The molecule has 0 amide bonds. The lowest BCUT2D eigenvalue weighted by atomic mass is 10.2. The van der Waals surface area contributed by atoms with Crippen molar-refractivity contribution < 1.29 is 13.9 Å².